The van der Waals surface area contributed by atoms with Crippen LogP contribution in [0.3, 0.4) is 0 Å². The Hall–Kier alpha value is 0.130. The average molecular weight is 303 g/mol. The number of rotatable bonds is 5. The Morgan fingerprint density at radius 1 is 1.11 bits per heavy atom. The van der Waals surface area contributed by atoms with Crippen molar-refractivity contribution >= 4 is 29.4 Å². The highest BCUT2D eigenvalue weighted by Gasteiger charge is 2.22. The van der Waals surface area contributed by atoms with Crippen molar-refractivity contribution in [3.05, 3.63) is 0 Å². The van der Waals surface area contributed by atoms with Gasteiger partial charge in [0.2, 0.25) is 5.91 Å². The topological polar surface area (TPSA) is 41.1 Å². The van der Waals surface area contributed by atoms with Gasteiger partial charge in [0.25, 0.3) is 0 Å². The van der Waals surface area contributed by atoms with E-state index in [1.54, 1.807) is 0 Å². The smallest absolute Gasteiger partial charge is 0.230 e. The number of piperidine rings is 1. The molecule has 0 atom stereocenters. The van der Waals surface area contributed by atoms with Crippen LogP contribution in [0.2, 0.25) is 0 Å². The second-order valence-electron chi connectivity index (χ2n) is 5.54. The molecule has 1 aliphatic heterocycles. The lowest BCUT2D eigenvalue weighted by Gasteiger charge is -2.28. The van der Waals surface area contributed by atoms with E-state index in [0.717, 1.165) is 31.2 Å². The van der Waals surface area contributed by atoms with Crippen LogP contribution < -0.4 is 10.6 Å². The van der Waals surface area contributed by atoms with Crippen molar-refractivity contribution in [1.82, 2.24) is 10.6 Å². The second-order valence-corrected chi connectivity index (χ2v) is 7.96. The molecule has 1 aliphatic carbocycles. The van der Waals surface area contributed by atoms with Gasteiger partial charge in [0, 0.05) is 16.5 Å². The zero-order valence-electron chi connectivity index (χ0n) is 11.8. The molecule has 2 aliphatic rings. The number of hydrogen-bond acceptors (Lipinski definition) is 4. The maximum atomic E-state index is 12.0. The molecule has 0 spiro atoms. The Morgan fingerprint density at radius 2 is 1.79 bits per heavy atom. The molecule has 2 fully saturated rings. The quantitative estimate of drug-likeness (QED) is 0.817. The fourth-order valence-electron chi connectivity index (χ4n) is 2.87. The first-order chi connectivity index (χ1) is 9.28. The first kappa shape index (κ1) is 15.5. The van der Waals surface area contributed by atoms with Gasteiger partial charge in [0.15, 0.2) is 0 Å². The van der Waals surface area contributed by atoms with Crippen LogP contribution in [0.25, 0.3) is 0 Å². The summed E-state index contributed by atoms with van der Waals surface area (Å²) < 4.78 is 0. The minimum atomic E-state index is 0.246. The Morgan fingerprint density at radius 3 is 2.42 bits per heavy atom. The molecule has 0 radical (unpaired) electrons. The maximum Gasteiger partial charge on any atom is 0.230 e. The van der Waals surface area contributed by atoms with E-state index in [9.17, 15) is 4.79 Å². The van der Waals surface area contributed by atoms with E-state index in [-0.39, 0.29) is 5.91 Å². The number of amides is 1. The van der Waals surface area contributed by atoms with Crippen LogP contribution in [0.4, 0.5) is 0 Å². The molecule has 0 aromatic carbocycles. The number of carbonyl (C=O) groups is 1. The highest BCUT2D eigenvalue weighted by Crippen LogP contribution is 2.27. The molecule has 2 N–H and O–H groups in total. The Kier molecular flexibility index (Phi) is 6.88. The van der Waals surface area contributed by atoms with Crippen LogP contribution in [0.5, 0.6) is 0 Å². The van der Waals surface area contributed by atoms with Gasteiger partial charge in [-0.3, -0.25) is 4.79 Å². The van der Waals surface area contributed by atoms with E-state index in [4.69, 9.17) is 0 Å². The zero-order valence-corrected chi connectivity index (χ0v) is 13.5. The fraction of sp³-hybridized carbons (Fsp3) is 0.929. The van der Waals surface area contributed by atoms with E-state index >= 15 is 0 Å². The summed E-state index contributed by atoms with van der Waals surface area (Å²) in [5.74, 6) is 0.892. The summed E-state index contributed by atoms with van der Waals surface area (Å²) in [6.07, 6.45) is 9.44. The van der Waals surface area contributed by atoms with Crippen molar-refractivity contribution in [3.8, 4) is 0 Å². The van der Waals surface area contributed by atoms with Gasteiger partial charge in [-0.05, 0) is 57.9 Å². The second kappa shape index (κ2) is 8.42. The summed E-state index contributed by atoms with van der Waals surface area (Å²) in [6, 6.07) is 0.435. The summed E-state index contributed by atoms with van der Waals surface area (Å²) in [5, 5.41) is 8.08. The molecule has 1 saturated heterocycles. The lowest BCUT2D eigenvalue weighted by molar-refractivity contribution is -0.119. The largest absolute Gasteiger partial charge is 0.353 e. The van der Waals surface area contributed by atoms with Crippen molar-refractivity contribution < 1.29 is 4.79 Å². The third-order valence-corrected chi connectivity index (χ3v) is 6.62. The third kappa shape index (κ3) is 5.56. The van der Waals surface area contributed by atoms with Gasteiger partial charge in [0.05, 0.1) is 5.75 Å². The molecule has 5 heteroatoms. The van der Waals surface area contributed by atoms with Crippen molar-refractivity contribution in [2.24, 2.45) is 0 Å². The Balaban J connectivity index is 1.59. The first-order valence-corrected chi connectivity index (χ1v) is 9.76. The highest BCUT2D eigenvalue weighted by molar-refractivity contribution is 8.00. The van der Waals surface area contributed by atoms with Crippen LogP contribution in [0.15, 0.2) is 0 Å². The normalized spacial score (nSPS) is 29.1. The van der Waals surface area contributed by atoms with Crippen molar-refractivity contribution in [1.29, 1.82) is 0 Å². The van der Waals surface area contributed by atoms with Crippen LogP contribution in [-0.2, 0) is 4.79 Å². The molecule has 110 valence electrons. The van der Waals surface area contributed by atoms with Crippen molar-refractivity contribution in [2.75, 3.05) is 25.1 Å². The molecule has 0 aromatic heterocycles. The van der Waals surface area contributed by atoms with E-state index in [0.29, 0.717) is 17.0 Å². The van der Waals surface area contributed by atoms with Crippen LogP contribution in [0, 0.1) is 0 Å². The molecule has 1 heterocycles. The van der Waals surface area contributed by atoms with Crippen molar-refractivity contribution in [3.63, 3.8) is 0 Å². The van der Waals surface area contributed by atoms with Crippen LogP contribution in [0.1, 0.15) is 38.5 Å². The fourth-order valence-corrected chi connectivity index (χ4v) is 4.65. The summed E-state index contributed by atoms with van der Waals surface area (Å²) in [6.45, 7) is 2.22. The number of hydrogen-bond donors (Lipinski definition) is 2. The van der Waals surface area contributed by atoms with Gasteiger partial charge < -0.3 is 10.6 Å². The van der Waals surface area contributed by atoms with Gasteiger partial charge in [-0.25, -0.2) is 0 Å². The molecule has 1 amide bonds. The minimum Gasteiger partial charge on any atom is -0.353 e. The predicted molar refractivity (Wildman–Crippen MR) is 86.1 cm³/mol. The number of thioether (sulfide) groups is 2. The minimum absolute atomic E-state index is 0.246. The van der Waals surface area contributed by atoms with Crippen LogP contribution in [-0.4, -0.2) is 47.5 Å². The average Bonchev–Trinajstić information content (AvgIpc) is 2.47. The van der Waals surface area contributed by atoms with E-state index < -0.39 is 0 Å². The summed E-state index contributed by atoms with van der Waals surface area (Å²) in [5.41, 5.74) is 0. The Bertz CT molecular complexity index is 275. The summed E-state index contributed by atoms with van der Waals surface area (Å²) in [4.78, 5) is 12.0. The number of carbonyl (C=O) groups excluding carboxylic acids is 1. The first-order valence-electron chi connectivity index (χ1n) is 7.42. The third-order valence-electron chi connectivity index (χ3n) is 4.11. The highest BCUT2D eigenvalue weighted by atomic mass is 32.2. The van der Waals surface area contributed by atoms with E-state index in [1.807, 2.05) is 23.5 Å². The molecule has 19 heavy (non-hydrogen) atoms. The van der Waals surface area contributed by atoms with Crippen LogP contribution >= 0.6 is 23.5 Å². The molecule has 2 rings (SSSR count). The molecular formula is C14H26N2OS2. The summed E-state index contributed by atoms with van der Waals surface area (Å²) >= 11 is 3.82. The molecule has 0 bridgehead atoms. The summed E-state index contributed by atoms with van der Waals surface area (Å²) in [7, 11) is 0. The predicted octanol–water partition coefficient (Wildman–Crippen LogP) is 2.26. The SMILES string of the molecule is CSC1CCC(NC(=O)CSC2CCNCC2)CC1. The van der Waals surface area contributed by atoms with E-state index in [2.05, 4.69) is 16.9 Å². The van der Waals surface area contributed by atoms with Gasteiger partial charge >= 0.3 is 0 Å². The lowest BCUT2D eigenvalue weighted by Crippen LogP contribution is -2.39. The van der Waals surface area contributed by atoms with Crippen molar-refractivity contribution in [2.45, 2.75) is 55.1 Å². The monoisotopic (exact) mass is 302 g/mol. The van der Waals surface area contributed by atoms with Gasteiger partial charge in [-0.1, -0.05) is 0 Å². The molecular weight excluding hydrogens is 276 g/mol. The molecule has 0 aromatic rings. The van der Waals surface area contributed by atoms with Gasteiger partial charge in [-0.15, -0.1) is 11.8 Å². The molecule has 0 unspecified atom stereocenters. The van der Waals surface area contributed by atoms with Gasteiger partial charge in [0.1, 0.15) is 0 Å². The Labute approximate surface area is 125 Å². The lowest BCUT2D eigenvalue weighted by atomic mass is 9.95. The number of nitrogens with one attached hydrogen (secondary N) is 2. The molecule has 3 nitrogen and oxygen atoms in total. The van der Waals surface area contributed by atoms with E-state index in [1.165, 1.54) is 25.7 Å². The molecule has 1 saturated carbocycles. The zero-order chi connectivity index (χ0) is 13.5. The van der Waals surface area contributed by atoms with Gasteiger partial charge in [-0.2, -0.15) is 11.8 Å². The standard InChI is InChI=1S/C14H26N2OS2/c1-18-12-4-2-11(3-5-12)16-14(17)10-19-13-6-8-15-9-7-13/h11-13,15H,2-10H2,1H3,(H,16,17). The maximum absolute atomic E-state index is 12.0.